The summed E-state index contributed by atoms with van der Waals surface area (Å²) >= 11 is 12.1. The van der Waals surface area contributed by atoms with E-state index in [4.69, 9.17) is 23.2 Å². The van der Waals surface area contributed by atoms with E-state index in [0.29, 0.717) is 26.8 Å². The van der Waals surface area contributed by atoms with Crippen LogP contribution in [0.15, 0.2) is 64.4 Å². The summed E-state index contributed by atoms with van der Waals surface area (Å²) in [5.74, 6) is 0. The van der Waals surface area contributed by atoms with Crippen LogP contribution in [0.5, 0.6) is 0 Å². The summed E-state index contributed by atoms with van der Waals surface area (Å²) in [6.45, 7) is 1.96. The Hall–Kier alpha value is -2.96. The van der Waals surface area contributed by atoms with Gasteiger partial charge in [-0.1, -0.05) is 29.3 Å². The highest BCUT2D eigenvalue weighted by Gasteiger charge is 2.16. The molecule has 0 fully saturated rings. The van der Waals surface area contributed by atoms with Gasteiger partial charge in [0.25, 0.3) is 5.56 Å². The lowest BCUT2D eigenvalue weighted by Crippen LogP contribution is -2.40. The molecular formula is C20H14Cl2N4O2. The number of aromatic nitrogens is 4. The number of pyridine rings is 2. The number of benzene rings is 1. The fraction of sp³-hybridized carbons (Fsp3) is 0.100. The van der Waals surface area contributed by atoms with Crippen molar-refractivity contribution >= 4 is 34.2 Å². The van der Waals surface area contributed by atoms with E-state index in [9.17, 15) is 9.59 Å². The maximum Gasteiger partial charge on any atom is 0.337 e. The fourth-order valence-electron chi connectivity index (χ4n) is 2.94. The molecule has 0 N–H and O–H groups in total. The quantitative estimate of drug-likeness (QED) is 0.515. The molecule has 3 heterocycles. The predicted octanol–water partition coefficient (Wildman–Crippen LogP) is 3.61. The molecule has 4 aromatic rings. The summed E-state index contributed by atoms with van der Waals surface area (Å²) in [4.78, 5) is 34.8. The Bertz CT molecular complexity index is 1310. The van der Waals surface area contributed by atoms with Crippen LogP contribution in [0.2, 0.25) is 10.0 Å². The molecule has 0 saturated carbocycles. The molecule has 0 aliphatic heterocycles. The molecule has 6 nitrogen and oxygen atoms in total. The molecule has 0 bridgehead atoms. The summed E-state index contributed by atoms with van der Waals surface area (Å²) in [6.07, 6.45) is 3.22. The van der Waals surface area contributed by atoms with Gasteiger partial charge < -0.3 is 0 Å². The van der Waals surface area contributed by atoms with Gasteiger partial charge in [0.1, 0.15) is 0 Å². The van der Waals surface area contributed by atoms with Crippen LogP contribution in [0.1, 0.15) is 11.3 Å². The summed E-state index contributed by atoms with van der Waals surface area (Å²) in [5, 5.41) is 0.987. The van der Waals surface area contributed by atoms with E-state index in [1.165, 1.54) is 10.8 Å². The summed E-state index contributed by atoms with van der Waals surface area (Å²) in [6, 6.07) is 11.8. The van der Waals surface area contributed by atoms with E-state index in [1.807, 2.05) is 13.0 Å². The Morgan fingerprint density at radius 3 is 2.54 bits per heavy atom. The molecule has 0 aliphatic rings. The highest BCUT2D eigenvalue weighted by molar-refractivity contribution is 6.42. The Morgan fingerprint density at radius 2 is 1.82 bits per heavy atom. The van der Waals surface area contributed by atoms with Crippen molar-refractivity contribution in [3.63, 3.8) is 0 Å². The molecule has 0 aliphatic carbocycles. The SMILES string of the molecule is Cc1ccc(Cn2c(=O)c3cccnc3n(-c3ccc(Cl)c(Cl)c3)c2=O)nc1. The third-order valence-corrected chi connectivity index (χ3v) is 5.09. The average molecular weight is 413 g/mol. The molecule has 140 valence electrons. The summed E-state index contributed by atoms with van der Waals surface area (Å²) < 4.78 is 2.50. The van der Waals surface area contributed by atoms with Gasteiger partial charge in [-0.2, -0.15) is 0 Å². The maximum absolute atomic E-state index is 13.3. The van der Waals surface area contributed by atoms with E-state index >= 15 is 0 Å². The standard InChI is InChI=1S/C20H14Cl2N4O2/c1-12-4-5-13(24-10-12)11-25-19(27)15-3-2-8-23-18(15)26(20(25)28)14-6-7-16(21)17(22)9-14/h2-10H,11H2,1H3. The smallest absolute Gasteiger partial charge is 0.268 e. The molecule has 0 saturated heterocycles. The van der Waals surface area contributed by atoms with Crippen molar-refractivity contribution in [2.75, 3.05) is 0 Å². The number of halogens is 2. The molecule has 4 rings (SSSR count). The zero-order chi connectivity index (χ0) is 19.8. The third kappa shape index (κ3) is 3.21. The molecule has 28 heavy (non-hydrogen) atoms. The average Bonchev–Trinajstić information content (AvgIpc) is 2.69. The minimum absolute atomic E-state index is 0.0457. The van der Waals surface area contributed by atoms with E-state index in [0.717, 1.165) is 10.1 Å². The van der Waals surface area contributed by atoms with Gasteiger partial charge in [-0.05, 0) is 48.9 Å². The van der Waals surface area contributed by atoms with Gasteiger partial charge in [-0.3, -0.25) is 14.3 Å². The van der Waals surface area contributed by atoms with Crippen molar-refractivity contribution in [1.29, 1.82) is 0 Å². The first kappa shape index (κ1) is 18.4. The zero-order valence-corrected chi connectivity index (χ0v) is 16.3. The Balaban J connectivity index is 2.01. The molecule has 0 atom stereocenters. The van der Waals surface area contributed by atoms with E-state index in [1.54, 1.807) is 42.6 Å². The second-order valence-corrected chi connectivity index (χ2v) is 7.12. The second kappa shape index (κ2) is 7.22. The number of nitrogens with zero attached hydrogens (tertiary/aromatic N) is 4. The third-order valence-electron chi connectivity index (χ3n) is 4.35. The van der Waals surface area contributed by atoms with Crippen molar-refractivity contribution < 1.29 is 0 Å². The van der Waals surface area contributed by atoms with Crippen molar-refractivity contribution in [3.05, 3.63) is 97.0 Å². The number of fused-ring (bicyclic) bond motifs is 1. The molecule has 0 radical (unpaired) electrons. The van der Waals surface area contributed by atoms with Crippen LogP contribution in [-0.2, 0) is 6.54 Å². The van der Waals surface area contributed by atoms with Crippen LogP contribution >= 0.6 is 23.2 Å². The molecule has 0 amide bonds. The number of hydrogen-bond acceptors (Lipinski definition) is 4. The normalized spacial score (nSPS) is 11.1. The molecule has 8 heteroatoms. The largest absolute Gasteiger partial charge is 0.337 e. The van der Waals surface area contributed by atoms with Gasteiger partial charge in [0.2, 0.25) is 0 Å². The number of rotatable bonds is 3. The minimum Gasteiger partial charge on any atom is -0.268 e. The maximum atomic E-state index is 13.3. The molecular weight excluding hydrogens is 399 g/mol. The first-order chi connectivity index (χ1) is 13.5. The van der Waals surface area contributed by atoms with Gasteiger partial charge in [-0.25, -0.2) is 14.3 Å². The fourth-order valence-corrected chi connectivity index (χ4v) is 3.23. The van der Waals surface area contributed by atoms with E-state index in [-0.39, 0.29) is 12.2 Å². The lowest BCUT2D eigenvalue weighted by atomic mass is 10.2. The lowest BCUT2D eigenvalue weighted by molar-refractivity contribution is 0.670. The topological polar surface area (TPSA) is 69.8 Å². The van der Waals surface area contributed by atoms with Crippen LogP contribution in [0.4, 0.5) is 0 Å². The van der Waals surface area contributed by atoms with Crippen LogP contribution in [0, 0.1) is 6.92 Å². The molecule has 1 aromatic carbocycles. The highest BCUT2D eigenvalue weighted by Crippen LogP contribution is 2.24. The van der Waals surface area contributed by atoms with Gasteiger partial charge in [-0.15, -0.1) is 0 Å². The number of hydrogen-bond donors (Lipinski definition) is 0. The van der Waals surface area contributed by atoms with Crippen LogP contribution in [0.3, 0.4) is 0 Å². The minimum atomic E-state index is -0.531. The summed E-state index contributed by atoms with van der Waals surface area (Å²) in [7, 11) is 0. The predicted molar refractivity (Wildman–Crippen MR) is 110 cm³/mol. The van der Waals surface area contributed by atoms with Gasteiger partial charge in [0.05, 0.1) is 33.4 Å². The molecule has 3 aromatic heterocycles. The van der Waals surface area contributed by atoms with Gasteiger partial charge in [0, 0.05) is 12.4 Å². The Morgan fingerprint density at radius 1 is 1.00 bits per heavy atom. The summed E-state index contributed by atoms with van der Waals surface area (Å²) in [5.41, 5.74) is 1.36. The van der Waals surface area contributed by atoms with Crippen LogP contribution < -0.4 is 11.2 Å². The van der Waals surface area contributed by atoms with Crippen molar-refractivity contribution in [2.45, 2.75) is 13.5 Å². The monoisotopic (exact) mass is 412 g/mol. The van der Waals surface area contributed by atoms with Gasteiger partial charge in [0.15, 0.2) is 5.65 Å². The first-order valence-corrected chi connectivity index (χ1v) is 9.19. The Labute approximate surface area is 169 Å². The van der Waals surface area contributed by atoms with E-state index < -0.39 is 11.2 Å². The van der Waals surface area contributed by atoms with E-state index in [2.05, 4.69) is 9.97 Å². The highest BCUT2D eigenvalue weighted by atomic mass is 35.5. The van der Waals surface area contributed by atoms with Crippen molar-refractivity contribution in [3.8, 4) is 5.69 Å². The lowest BCUT2D eigenvalue weighted by Gasteiger charge is -2.14. The second-order valence-electron chi connectivity index (χ2n) is 6.31. The Kier molecular flexibility index (Phi) is 4.75. The van der Waals surface area contributed by atoms with Crippen molar-refractivity contribution in [2.24, 2.45) is 0 Å². The van der Waals surface area contributed by atoms with Crippen molar-refractivity contribution in [1.82, 2.24) is 19.1 Å². The van der Waals surface area contributed by atoms with Crippen LogP contribution in [0.25, 0.3) is 16.7 Å². The number of aryl methyl sites for hydroxylation is 1. The first-order valence-electron chi connectivity index (χ1n) is 8.43. The van der Waals surface area contributed by atoms with Gasteiger partial charge >= 0.3 is 5.69 Å². The zero-order valence-electron chi connectivity index (χ0n) is 14.8. The van der Waals surface area contributed by atoms with Crippen LogP contribution in [-0.4, -0.2) is 19.1 Å². The molecule has 0 spiro atoms. The molecule has 0 unspecified atom stereocenters.